The minimum Gasteiger partial charge on any atom is -0.371 e. The van der Waals surface area contributed by atoms with Crippen LogP contribution in [0, 0.1) is 0 Å². The molecule has 1 aliphatic heterocycles. The lowest BCUT2D eigenvalue weighted by Crippen LogP contribution is -2.29. The van der Waals surface area contributed by atoms with Crippen LogP contribution in [0.5, 0.6) is 0 Å². The Bertz CT molecular complexity index is 287. The maximum Gasteiger partial charge on any atom is 0.127 e. The molecule has 0 aromatic carbocycles. The molecule has 1 aromatic heterocycles. The zero-order valence-electron chi connectivity index (χ0n) is 6.82. The zero-order valence-corrected chi connectivity index (χ0v) is 7.64. The van der Waals surface area contributed by atoms with Crippen LogP contribution in [0.2, 0.25) is 0 Å². The largest absolute Gasteiger partial charge is 0.371 e. The smallest absolute Gasteiger partial charge is 0.127 e. The predicted octanol–water partition coefficient (Wildman–Crippen LogP) is 2.06. The van der Waals surface area contributed by atoms with Gasteiger partial charge in [-0.2, -0.15) is 0 Å². The standard InChI is InChI=1S/C9H10N2S/c1-9(11-6-7-12-9)8-4-2-3-5-10-8/h2-7,11H,1H3. The number of aromatic nitrogens is 1. The van der Waals surface area contributed by atoms with E-state index in [1.807, 2.05) is 30.6 Å². The zero-order chi connectivity index (χ0) is 8.44. The van der Waals surface area contributed by atoms with Gasteiger partial charge in [-0.3, -0.25) is 4.98 Å². The van der Waals surface area contributed by atoms with Gasteiger partial charge in [0.05, 0.1) is 5.69 Å². The summed E-state index contributed by atoms with van der Waals surface area (Å²) in [5.41, 5.74) is 1.07. The molecule has 2 heterocycles. The highest BCUT2D eigenvalue weighted by molar-refractivity contribution is 8.03. The molecular weight excluding hydrogens is 168 g/mol. The Morgan fingerprint density at radius 3 is 3.00 bits per heavy atom. The number of hydrogen-bond acceptors (Lipinski definition) is 3. The molecule has 2 nitrogen and oxygen atoms in total. The molecule has 0 amide bonds. The van der Waals surface area contributed by atoms with Crippen molar-refractivity contribution in [3.63, 3.8) is 0 Å². The van der Waals surface area contributed by atoms with Gasteiger partial charge in [0, 0.05) is 12.4 Å². The second kappa shape index (κ2) is 2.83. The van der Waals surface area contributed by atoms with Crippen molar-refractivity contribution < 1.29 is 0 Å². The van der Waals surface area contributed by atoms with E-state index in [1.54, 1.807) is 11.8 Å². The summed E-state index contributed by atoms with van der Waals surface area (Å²) in [5, 5.41) is 5.32. The second-order valence-corrected chi connectivity index (χ2v) is 4.14. The van der Waals surface area contributed by atoms with Crippen molar-refractivity contribution in [3.05, 3.63) is 41.7 Å². The Kier molecular flexibility index (Phi) is 1.81. The molecule has 0 saturated heterocycles. The first-order chi connectivity index (χ1) is 5.81. The van der Waals surface area contributed by atoms with Gasteiger partial charge in [-0.15, -0.1) is 0 Å². The van der Waals surface area contributed by atoms with Crippen molar-refractivity contribution in [2.75, 3.05) is 0 Å². The van der Waals surface area contributed by atoms with Crippen molar-refractivity contribution in [1.82, 2.24) is 10.3 Å². The molecule has 1 unspecified atom stereocenters. The first-order valence-electron chi connectivity index (χ1n) is 3.83. The van der Waals surface area contributed by atoms with Crippen LogP contribution in [-0.4, -0.2) is 4.98 Å². The number of rotatable bonds is 1. The fraction of sp³-hybridized carbons (Fsp3) is 0.222. The Balaban J connectivity index is 2.31. The molecule has 0 bridgehead atoms. The fourth-order valence-electron chi connectivity index (χ4n) is 1.18. The van der Waals surface area contributed by atoms with Gasteiger partial charge in [-0.1, -0.05) is 17.8 Å². The summed E-state index contributed by atoms with van der Waals surface area (Å²) in [6.07, 6.45) is 3.78. The summed E-state index contributed by atoms with van der Waals surface area (Å²) in [4.78, 5) is 4.24. The average molecular weight is 178 g/mol. The van der Waals surface area contributed by atoms with E-state index in [4.69, 9.17) is 0 Å². The average Bonchev–Trinajstić information content (AvgIpc) is 2.55. The third kappa shape index (κ3) is 1.20. The number of nitrogens with zero attached hydrogens (tertiary/aromatic N) is 1. The highest BCUT2D eigenvalue weighted by Crippen LogP contribution is 2.36. The van der Waals surface area contributed by atoms with Crippen LogP contribution in [0.25, 0.3) is 0 Å². The maximum absolute atomic E-state index is 4.31. The molecule has 0 saturated carbocycles. The molecular formula is C9H10N2S. The molecule has 1 atom stereocenters. The van der Waals surface area contributed by atoms with E-state index >= 15 is 0 Å². The Hall–Kier alpha value is -0.960. The van der Waals surface area contributed by atoms with E-state index in [2.05, 4.69) is 22.6 Å². The van der Waals surface area contributed by atoms with Crippen molar-refractivity contribution in [3.8, 4) is 0 Å². The summed E-state index contributed by atoms with van der Waals surface area (Å²) in [7, 11) is 0. The first kappa shape index (κ1) is 7.68. The van der Waals surface area contributed by atoms with Gasteiger partial charge >= 0.3 is 0 Å². The number of nitrogens with one attached hydrogen (secondary N) is 1. The molecule has 0 spiro atoms. The third-order valence-corrected chi connectivity index (χ3v) is 2.95. The van der Waals surface area contributed by atoms with Gasteiger partial charge in [-0.25, -0.2) is 0 Å². The topological polar surface area (TPSA) is 24.9 Å². The van der Waals surface area contributed by atoms with Crippen LogP contribution in [0.15, 0.2) is 36.0 Å². The van der Waals surface area contributed by atoms with Crippen molar-refractivity contribution in [1.29, 1.82) is 0 Å². The summed E-state index contributed by atoms with van der Waals surface area (Å²) in [6, 6.07) is 5.97. The summed E-state index contributed by atoms with van der Waals surface area (Å²) in [6.45, 7) is 2.12. The SMILES string of the molecule is CC1(c2ccccn2)NC=CS1. The van der Waals surface area contributed by atoms with Crippen LogP contribution >= 0.6 is 11.8 Å². The molecule has 1 aromatic rings. The third-order valence-electron chi connectivity index (χ3n) is 1.88. The highest BCUT2D eigenvalue weighted by Gasteiger charge is 2.28. The van der Waals surface area contributed by atoms with E-state index in [9.17, 15) is 0 Å². The van der Waals surface area contributed by atoms with Gasteiger partial charge in [-0.05, 0) is 24.5 Å². The molecule has 3 heteroatoms. The first-order valence-corrected chi connectivity index (χ1v) is 4.71. The van der Waals surface area contributed by atoms with Crippen molar-refractivity contribution >= 4 is 11.8 Å². The second-order valence-electron chi connectivity index (χ2n) is 2.81. The number of pyridine rings is 1. The molecule has 62 valence electrons. The highest BCUT2D eigenvalue weighted by atomic mass is 32.2. The minimum absolute atomic E-state index is 0.0682. The molecule has 0 fully saturated rings. The molecule has 0 aliphatic carbocycles. The maximum atomic E-state index is 4.31. The van der Waals surface area contributed by atoms with Crippen LogP contribution in [0.1, 0.15) is 12.6 Å². The molecule has 1 aliphatic rings. The van der Waals surface area contributed by atoms with E-state index < -0.39 is 0 Å². The van der Waals surface area contributed by atoms with Gasteiger partial charge in [0.25, 0.3) is 0 Å². The monoisotopic (exact) mass is 178 g/mol. The molecule has 1 N–H and O–H groups in total. The lowest BCUT2D eigenvalue weighted by molar-refractivity contribution is 0.611. The van der Waals surface area contributed by atoms with Crippen LogP contribution in [0.4, 0.5) is 0 Å². The number of hydrogen-bond donors (Lipinski definition) is 1. The van der Waals surface area contributed by atoms with E-state index in [-0.39, 0.29) is 4.87 Å². The van der Waals surface area contributed by atoms with Crippen LogP contribution in [-0.2, 0) is 4.87 Å². The van der Waals surface area contributed by atoms with E-state index in [0.717, 1.165) is 5.69 Å². The van der Waals surface area contributed by atoms with Gasteiger partial charge in [0.15, 0.2) is 0 Å². The van der Waals surface area contributed by atoms with Gasteiger partial charge < -0.3 is 5.32 Å². The van der Waals surface area contributed by atoms with Gasteiger partial charge in [0.1, 0.15) is 4.87 Å². The lowest BCUT2D eigenvalue weighted by Gasteiger charge is -2.22. The predicted molar refractivity (Wildman–Crippen MR) is 51.5 cm³/mol. The van der Waals surface area contributed by atoms with Crippen molar-refractivity contribution in [2.45, 2.75) is 11.8 Å². The van der Waals surface area contributed by atoms with Crippen molar-refractivity contribution in [2.24, 2.45) is 0 Å². The van der Waals surface area contributed by atoms with Gasteiger partial charge in [0.2, 0.25) is 0 Å². The Labute approximate surface area is 76.1 Å². The summed E-state index contributed by atoms with van der Waals surface area (Å²) in [5.74, 6) is 0. The molecule has 0 radical (unpaired) electrons. The molecule has 2 rings (SSSR count). The summed E-state index contributed by atoms with van der Waals surface area (Å²) >= 11 is 1.74. The summed E-state index contributed by atoms with van der Waals surface area (Å²) < 4.78 is 0. The lowest BCUT2D eigenvalue weighted by atomic mass is 10.2. The normalized spacial score (nSPS) is 27.1. The van der Waals surface area contributed by atoms with Crippen LogP contribution in [0.3, 0.4) is 0 Å². The Morgan fingerprint density at radius 1 is 1.50 bits per heavy atom. The van der Waals surface area contributed by atoms with E-state index in [0.29, 0.717) is 0 Å². The number of thioether (sulfide) groups is 1. The fourth-order valence-corrected chi connectivity index (χ4v) is 1.96. The van der Waals surface area contributed by atoms with Crippen LogP contribution < -0.4 is 5.32 Å². The van der Waals surface area contributed by atoms with E-state index in [1.165, 1.54) is 0 Å². The minimum atomic E-state index is -0.0682. The molecule has 12 heavy (non-hydrogen) atoms. The Morgan fingerprint density at radius 2 is 2.42 bits per heavy atom. The quantitative estimate of drug-likeness (QED) is 0.712.